The van der Waals surface area contributed by atoms with Crippen LogP contribution in [0.1, 0.15) is 17.0 Å². The predicted octanol–water partition coefficient (Wildman–Crippen LogP) is 3.36. The predicted molar refractivity (Wildman–Crippen MR) is 62.6 cm³/mol. The molecule has 1 aromatic heterocycles. The van der Waals surface area contributed by atoms with Crippen molar-refractivity contribution in [3.05, 3.63) is 51.4 Å². The average Bonchev–Trinajstić information content (AvgIpc) is 2.58. The van der Waals surface area contributed by atoms with E-state index < -0.39 is 17.5 Å². The SMILES string of the molecule is Cc1nn(Cc2c(F)cc(F)cc2F)c(C)c1N=O. The zero-order valence-electron chi connectivity index (χ0n) is 10.2. The van der Waals surface area contributed by atoms with Crippen LogP contribution in [0.3, 0.4) is 0 Å². The Labute approximate surface area is 106 Å². The molecule has 1 aromatic carbocycles. The third-order valence-corrected chi connectivity index (χ3v) is 2.85. The van der Waals surface area contributed by atoms with Crippen LogP contribution in [0.2, 0.25) is 0 Å². The summed E-state index contributed by atoms with van der Waals surface area (Å²) in [6.45, 7) is 2.90. The van der Waals surface area contributed by atoms with Gasteiger partial charge in [-0.2, -0.15) is 5.10 Å². The lowest BCUT2D eigenvalue weighted by atomic mass is 10.2. The van der Waals surface area contributed by atoms with Crippen molar-refractivity contribution in [3.8, 4) is 0 Å². The van der Waals surface area contributed by atoms with Gasteiger partial charge in [-0.25, -0.2) is 13.2 Å². The third-order valence-electron chi connectivity index (χ3n) is 2.85. The Morgan fingerprint density at radius 2 is 1.79 bits per heavy atom. The van der Waals surface area contributed by atoms with Gasteiger partial charge in [0.05, 0.1) is 17.9 Å². The van der Waals surface area contributed by atoms with E-state index in [-0.39, 0.29) is 17.8 Å². The van der Waals surface area contributed by atoms with Crippen molar-refractivity contribution in [3.63, 3.8) is 0 Å². The highest BCUT2D eigenvalue weighted by Gasteiger charge is 2.17. The Morgan fingerprint density at radius 1 is 1.21 bits per heavy atom. The van der Waals surface area contributed by atoms with E-state index in [9.17, 15) is 18.1 Å². The summed E-state index contributed by atoms with van der Waals surface area (Å²) < 4.78 is 41.1. The van der Waals surface area contributed by atoms with E-state index in [0.29, 0.717) is 23.5 Å². The Kier molecular flexibility index (Phi) is 3.37. The standard InChI is InChI=1S/C12H10F3N3O/c1-6-12(17-19)7(2)18(16-6)5-9-10(14)3-8(13)4-11(9)15/h3-4H,5H2,1-2H3. The van der Waals surface area contributed by atoms with E-state index in [2.05, 4.69) is 10.3 Å². The molecule has 2 rings (SSSR count). The normalized spacial score (nSPS) is 10.8. The highest BCUT2D eigenvalue weighted by atomic mass is 19.1. The van der Waals surface area contributed by atoms with Gasteiger partial charge in [0.1, 0.15) is 17.5 Å². The van der Waals surface area contributed by atoms with Gasteiger partial charge in [0, 0.05) is 17.7 Å². The van der Waals surface area contributed by atoms with Crippen molar-refractivity contribution in [2.45, 2.75) is 20.4 Å². The van der Waals surface area contributed by atoms with Crippen LogP contribution < -0.4 is 0 Å². The van der Waals surface area contributed by atoms with Gasteiger partial charge in [-0.05, 0) is 19.0 Å². The van der Waals surface area contributed by atoms with Crippen LogP contribution in [-0.4, -0.2) is 9.78 Å². The van der Waals surface area contributed by atoms with Gasteiger partial charge >= 0.3 is 0 Å². The summed E-state index contributed by atoms with van der Waals surface area (Å²) in [7, 11) is 0. The number of halogens is 3. The molecule has 2 aromatic rings. The molecule has 0 amide bonds. The maximum Gasteiger partial charge on any atom is 0.151 e. The van der Waals surface area contributed by atoms with Gasteiger partial charge in [-0.3, -0.25) is 4.68 Å². The van der Waals surface area contributed by atoms with E-state index in [0.717, 1.165) is 0 Å². The van der Waals surface area contributed by atoms with Crippen molar-refractivity contribution in [1.29, 1.82) is 0 Å². The van der Waals surface area contributed by atoms with Crippen molar-refractivity contribution in [1.82, 2.24) is 9.78 Å². The highest BCUT2D eigenvalue weighted by molar-refractivity contribution is 5.46. The Hall–Kier alpha value is -2.18. The molecule has 4 nitrogen and oxygen atoms in total. The zero-order chi connectivity index (χ0) is 14.2. The second-order valence-electron chi connectivity index (χ2n) is 4.12. The summed E-state index contributed by atoms with van der Waals surface area (Å²) in [5.74, 6) is -2.97. The van der Waals surface area contributed by atoms with E-state index >= 15 is 0 Å². The number of rotatable bonds is 3. The number of benzene rings is 1. The molecule has 0 bridgehead atoms. The van der Waals surface area contributed by atoms with Crippen LogP contribution in [0.25, 0.3) is 0 Å². The van der Waals surface area contributed by atoms with Gasteiger partial charge in [0.15, 0.2) is 5.69 Å². The fraction of sp³-hybridized carbons (Fsp3) is 0.250. The fourth-order valence-electron chi connectivity index (χ4n) is 1.85. The monoisotopic (exact) mass is 269 g/mol. The quantitative estimate of drug-likeness (QED) is 0.802. The molecule has 0 radical (unpaired) electrons. The van der Waals surface area contributed by atoms with Crippen LogP contribution in [0.4, 0.5) is 18.9 Å². The molecular formula is C12H10F3N3O. The Balaban J connectivity index is 2.45. The number of hydrogen-bond acceptors (Lipinski definition) is 3. The topological polar surface area (TPSA) is 47.2 Å². The maximum atomic E-state index is 13.5. The lowest BCUT2D eigenvalue weighted by molar-refractivity contribution is 0.506. The molecule has 0 atom stereocenters. The second-order valence-corrected chi connectivity index (χ2v) is 4.12. The molecule has 1 heterocycles. The van der Waals surface area contributed by atoms with Crippen molar-refractivity contribution < 1.29 is 13.2 Å². The van der Waals surface area contributed by atoms with Gasteiger partial charge in [-0.1, -0.05) is 0 Å². The third kappa shape index (κ3) is 2.35. The second kappa shape index (κ2) is 4.83. The molecule has 100 valence electrons. The van der Waals surface area contributed by atoms with Crippen LogP contribution >= 0.6 is 0 Å². The highest BCUT2D eigenvalue weighted by Crippen LogP contribution is 2.24. The Morgan fingerprint density at radius 3 is 2.26 bits per heavy atom. The summed E-state index contributed by atoms with van der Waals surface area (Å²) in [6.07, 6.45) is 0. The van der Waals surface area contributed by atoms with Crippen LogP contribution in [0.5, 0.6) is 0 Å². The van der Waals surface area contributed by atoms with Crippen LogP contribution in [0.15, 0.2) is 17.3 Å². The van der Waals surface area contributed by atoms with Crippen LogP contribution in [0, 0.1) is 36.2 Å². The smallest absolute Gasteiger partial charge is 0.151 e. The molecule has 0 aliphatic carbocycles. The maximum absolute atomic E-state index is 13.5. The summed E-state index contributed by atoms with van der Waals surface area (Å²) in [5, 5.41) is 6.79. The molecule has 19 heavy (non-hydrogen) atoms. The molecule has 0 spiro atoms. The first-order valence-electron chi connectivity index (χ1n) is 5.44. The summed E-state index contributed by atoms with van der Waals surface area (Å²) in [5.41, 5.74) is 0.596. The van der Waals surface area contributed by atoms with E-state index in [1.165, 1.54) is 4.68 Å². The van der Waals surface area contributed by atoms with Crippen molar-refractivity contribution >= 4 is 5.69 Å². The molecule has 0 aliphatic rings. The number of aromatic nitrogens is 2. The van der Waals surface area contributed by atoms with Crippen molar-refractivity contribution in [2.24, 2.45) is 5.18 Å². The summed E-state index contributed by atoms with van der Waals surface area (Å²) in [6, 6.07) is 1.20. The summed E-state index contributed by atoms with van der Waals surface area (Å²) >= 11 is 0. The molecule has 0 saturated heterocycles. The molecule has 0 unspecified atom stereocenters. The lowest BCUT2D eigenvalue weighted by Gasteiger charge is -2.07. The fourth-order valence-corrected chi connectivity index (χ4v) is 1.85. The van der Waals surface area contributed by atoms with Crippen LogP contribution in [-0.2, 0) is 6.54 Å². The molecule has 0 fully saturated rings. The minimum atomic E-state index is -0.995. The zero-order valence-corrected chi connectivity index (χ0v) is 10.2. The minimum Gasteiger partial charge on any atom is -0.263 e. The van der Waals surface area contributed by atoms with Gasteiger partial charge in [0.2, 0.25) is 0 Å². The summed E-state index contributed by atoms with van der Waals surface area (Å²) in [4.78, 5) is 10.6. The van der Waals surface area contributed by atoms with Gasteiger partial charge in [0.25, 0.3) is 0 Å². The molecule has 7 heteroatoms. The number of nitrogens with zero attached hydrogens (tertiary/aromatic N) is 3. The van der Waals surface area contributed by atoms with Gasteiger partial charge < -0.3 is 0 Å². The lowest BCUT2D eigenvalue weighted by Crippen LogP contribution is -2.08. The first-order chi connectivity index (χ1) is 8.93. The molecular weight excluding hydrogens is 259 g/mol. The van der Waals surface area contributed by atoms with E-state index in [1.54, 1.807) is 13.8 Å². The number of nitroso groups, excluding NO2 is 1. The number of hydrogen-bond donors (Lipinski definition) is 0. The minimum absolute atomic E-state index is 0.142. The first-order valence-corrected chi connectivity index (χ1v) is 5.44. The molecule has 0 aliphatic heterocycles. The number of aryl methyl sites for hydroxylation is 1. The van der Waals surface area contributed by atoms with Gasteiger partial charge in [-0.15, -0.1) is 4.91 Å². The molecule has 0 saturated carbocycles. The van der Waals surface area contributed by atoms with E-state index in [4.69, 9.17) is 0 Å². The average molecular weight is 269 g/mol. The Bertz CT molecular complexity index is 629. The van der Waals surface area contributed by atoms with Crippen molar-refractivity contribution in [2.75, 3.05) is 0 Å². The molecule has 0 N–H and O–H groups in total. The van der Waals surface area contributed by atoms with E-state index in [1.807, 2.05) is 0 Å². The largest absolute Gasteiger partial charge is 0.263 e. The first kappa shape index (κ1) is 13.3.